The number of hydrogen-bond acceptors (Lipinski definition) is 2. The normalized spacial score (nSPS) is 14.1. The molecule has 0 bridgehead atoms. The Labute approximate surface area is 111 Å². The van der Waals surface area contributed by atoms with Gasteiger partial charge in [-0.2, -0.15) is 0 Å². The molecule has 18 heavy (non-hydrogen) atoms. The SMILES string of the molecule is CCCC[C@H](C[S@](=O)c1ccc(C)cc1)C(N)=O. The summed E-state index contributed by atoms with van der Waals surface area (Å²) >= 11 is 0. The van der Waals surface area contributed by atoms with Crippen LogP contribution in [-0.2, 0) is 15.6 Å². The van der Waals surface area contributed by atoms with Gasteiger partial charge in [0.2, 0.25) is 5.91 Å². The van der Waals surface area contributed by atoms with E-state index in [0.29, 0.717) is 5.75 Å². The molecule has 0 fully saturated rings. The number of benzene rings is 1. The first kappa shape index (κ1) is 14.9. The Morgan fingerprint density at radius 2 is 1.94 bits per heavy atom. The number of nitrogens with two attached hydrogens (primary N) is 1. The van der Waals surface area contributed by atoms with Gasteiger partial charge in [0.05, 0.1) is 10.8 Å². The van der Waals surface area contributed by atoms with Gasteiger partial charge in [0.1, 0.15) is 0 Å². The summed E-state index contributed by atoms with van der Waals surface area (Å²) in [6.07, 6.45) is 2.68. The van der Waals surface area contributed by atoms with Gasteiger partial charge >= 0.3 is 0 Å². The van der Waals surface area contributed by atoms with Crippen molar-refractivity contribution >= 4 is 16.7 Å². The van der Waals surface area contributed by atoms with Crippen molar-refractivity contribution in [2.45, 2.75) is 38.0 Å². The van der Waals surface area contributed by atoms with E-state index in [1.807, 2.05) is 31.2 Å². The third kappa shape index (κ3) is 4.61. The van der Waals surface area contributed by atoms with Crippen molar-refractivity contribution in [1.29, 1.82) is 0 Å². The van der Waals surface area contributed by atoms with E-state index in [2.05, 4.69) is 6.92 Å². The molecule has 1 rings (SSSR count). The van der Waals surface area contributed by atoms with Crippen molar-refractivity contribution < 1.29 is 9.00 Å². The molecule has 1 aromatic carbocycles. The molecule has 0 aliphatic carbocycles. The van der Waals surface area contributed by atoms with E-state index >= 15 is 0 Å². The smallest absolute Gasteiger partial charge is 0.221 e. The first-order valence-electron chi connectivity index (χ1n) is 6.29. The maximum atomic E-state index is 12.1. The van der Waals surface area contributed by atoms with Crippen molar-refractivity contribution in [1.82, 2.24) is 0 Å². The largest absolute Gasteiger partial charge is 0.369 e. The van der Waals surface area contributed by atoms with Crippen LogP contribution in [0.5, 0.6) is 0 Å². The van der Waals surface area contributed by atoms with Gasteiger partial charge in [-0.1, -0.05) is 37.5 Å². The van der Waals surface area contributed by atoms with Gasteiger partial charge in [0.25, 0.3) is 0 Å². The van der Waals surface area contributed by atoms with Crippen LogP contribution in [0.2, 0.25) is 0 Å². The van der Waals surface area contributed by atoms with Gasteiger partial charge in [-0.15, -0.1) is 0 Å². The molecule has 0 radical (unpaired) electrons. The second-order valence-electron chi connectivity index (χ2n) is 4.57. The molecule has 0 saturated heterocycles. The van der Waals surface area contributed by atoms with Gasteiger partial charge in [-0.05, 0) is 25.5 Å². The summed E-state index contributed by atoms with van der Waals surface area (Å²) in [6, 6.07) is 7.56. The third-order valence-electron chi connectivity index (χ3n) is 2.94. The van der Waals surface area contributed by atoms with Gasteiger partial charge in [-0.25, -0.2) is 0 Å². The van der Waals surface area contributed by atoms with E-state index in [9.17, 15) is 9.00 Å². The summed E-state index contributed by atoms with van der Waals surface area (Å²) in [6.45, 7) is 4.05. The number of amides is 1. The highest BCUT2D eigenvalue weighted by molar-refractivity contribution is 7.85. The summed E-state index contributed by atoms with van der Waals surface area (Å²) in [4.78, 5) is 12.1. The number of carbonyl (C=O) groups is 1. The van der Waals surface area contributed by atoms with Crippen LogP contribution in [-0.4, -0.2) is 15.9 Å². The maximum absolute atomic E-state index is 12.1. The second-order valence-corrected chi connectivity index (χ2v) is 6.06. The topological polar surface area (TPSA) is 60.2 Å². The Bertz CT molecular complexity index is 414. The van der Waals surface area contributed by atoms with Crippen molar-refractivity contribution in [3.63, 3.8) is 0 Å². The van der Waals surface area contributed by atoms with Crippen LogP contribution < -0.4 is 5.73 Å². The molecule has 4 heteroatoms. The monoisotopic (exact) mass is 267 g/mol. The molecule has 100 valence electrons. The van der Waals surface area contributed by atoms with Crippen LogP contribution in [0.4, 0.5) is 0 Å². The summed E-state index contributed by atoms with van der Waals surface area (Å²) in [5, 5.41) is 0. The van der Waals surface area contributed by atoms with Crippen LogP contribution >= 0.6 is 0 Å². The van der Waals surface area contributed by atoms with E-state index in [-0.39, 0.29) is 11.8 Å². The fourth-order valence-electron chi connectivity index (χ4n) is 1.73. The minimum Gasteiger partial charge on any atom is -0.369 e. The minimum absolute atomic E-state index is 0.285. The summed E-state index contributed by atoms with van der Waals surface area (Å²) in [7, 11) is -1.15. The van der Waals surface area contributed by atoms with Crippen LogP contribution in [0.3, 0.4) is 0 Å². The molecule has 2 N–H and O–H groups in total. The number of rotatable bonds is 7. The molecule has 2 atom stereocenters. The fourth-order valence-corrected chi connectivity index (χ4v) is 3.06. The number of hydrogen-bond donors (Lipinski definition) is 1. The van der Waals surface area contributed by atoms with E-state index in [1.54, 1.807) is 0 Å². The lowest BCUT2D eigenvalue weighted by molar-refractivity contribution is -0.121. The van der Waals surface area contributed by atoms with Crippen molar-refractivity contribution in [3.8, 4) is 0 Å². The second kappa shape index (κ2) is 7.31. The molecular formula is C14H21NO2S. The zero-order valence-corrected chi connectivity index (χ0v) is 11.8. The predicted octanol–water partition coefficient (Wildman–Crippen LogP) is 2.39. The molecule has 0 aliphatic heterocycles. The van der Waals surface area contributed by atoms with E-state index in [4.69, 9.17) is 5.73 Å². The zero-order valence-electron chi connectivity index (χ0n) is 11.0. The number of primary amides is 1. The van der Waals surface area contributed by atoms with Gasteiger partial charge in [-0.3, -0.25) is 9.00 Å². The lowest BCUT2D eigenvalue weighted by Gasteiger charge is -2.12. The Morgan fingerprint density at radius 3 is 2.44 bits per heavy atom. The van der Waals surface area contributed by atoms with Gasteiger partial charge < -0.3 is 5.73 Å². The summed E-state index contributed by atoms with van der Waals surface area (Å²) < 4.78 is 12.1. The van der Waals surface area contributed by atoms with Crippen molar-refractivity contribution in [2.75, 3.05) is 5.75 Å². The molecule has 1 amide bonds. The highest BCUT2D eigenvalue weighted by Crippen LogP contribution is 2.15. The molecular weight excluding hydrogens is 246 g/mol. The van der Waals surface area contributed by atoms with Crippen molar-refractivity contribution in [2.24, 2.45) is 11.7 Å². The molecule has 0 unspecified atom stereocenters. The fraction of sp³-hybridized carbons (Fsp3) is 0.500. The first-order valence-corrected chi connectivity index (χ1v) is 7.60. The average Bonchev–Trinajstić information content (AvgIpc) is 2.34. The zero-order chi connectivity index (χ0) is 13.5. The van der Waals surface area contributed by atoms with Crippen molar-refractivity contribution in [3.05, 3.63) is 29.8 Å². The first-order chi connectivity index (χ1) is 8.54. The summed E-state index contributed by atoms with van der Waals surface area (Å²) in [5.74, 6) is -0.297. The molecule has 0 saturated carbocycles. The molecule has 0 aliphatic rings. The van der Waals surface area contributed by atoms with Crippen LogP contribution in [0.25, 0.3) is 0 Å². The Kier molecular flexibility index (Phi) is 6.05. The number of aryl methyl sites for hydroxylation is 1. The quantitative estimate of drug-likeness (QED) is 0.824. The van der Waals surface area contributed by atoms with Crippen LogP contribution in [0.1, 0.15) is 31.7 Å². The average molecular weight is 267 g/mol. The van der Waals surface area contributed by atoms with E-state index in [1.165, 1.54) is 0 Å². The summed E-state index contributed by atoms with van der Waals surface area (Å²) in [5.41, 5.74) is 6.49. The molecule has 1 aromatic rings. The molecule has 3 nitrogen and oxygen atoms in total. The van der Waals surface area contributed by atoms with E-state index < -0.39 is 10.8 Å². The molecule has 0 heterocycles. The van der Waals surface area contributed by atoms with Crippen LogP contribution in [0.15, 0.2) is 29.2 Å². The molecule has 0 aromatic heterocycles. The molecule has 0 spiro atoms. The van der Waals surface area contributed by atoms with Gasteiger partial charge in [0, 0.05) is 16.6 Å². The van der Waals surface area contributed by atoms with Gasteiger partial charge in [0.15, 0.2) is 0 Å². The van der Waals surface area contributed by atoms with Crippen LogP contribution in [0, 0.1) is 12.8 Å². The maximum Gasteiger partial charge on any atom is 0.221 e. The highest BCUT2D eigenvalue weighted by Gasteiger charge is 2.18. The Balaban J connectivity index is 2.66. The third-order valence-corrected chi connectivity index (χ3v) is 4.45. The Hall–Kier alpha value is -1.16. The number of unbranched alkanes of at least 4 members (excludes halogenated alkanes) is 1. The standard InChI is InChI=1S/C14H21NO2S/c1-3-4-5-12(14(15)16)10-18(17)13-8-6-11(2)7-9-13/h6-9,12H,3-5,10H2,1-2H3,(H2,15,16)/t12-,18+/m1/s1. The van der Waals surface area contributed by atoms with E-state index in [0.717, 1.165) is 29.7 Å². The minimum atomic E-state index is -1.15. The highest BCUT2D eigenvalue weighted by atomic mass is 32.2. The predicted molar refractivity (Wildman–Crippen MR) is 74.7 cm³/mol. The Morgan fingerprint density at radius 1 is 1.33 bits per heavy atom. The lowest BCUT2D eigenvalue weighted by Crippen LogP contribution is -2.28. The lowest BCUT2D eigenvalue weighted by atomic mass is 10.0. The number of carbonyl (C=O) groups excluding carboxylic acids is 1.